The van der Waals surface area contributed by atoms with E-state index in [9.17, 15) is 8.42 Å². The van der Waals surface area contributed by atoms with Crippen molar-refractivity contribution in [1.82, 2.24) is 4.83 Å². The lowest BCUT2D eigenvalue weighted by Crippen LogP contribution is -2.19. The van der Waals surface area contributed by atoms with Crippen LogP contribution in [0.5, 0.6) is 0 Å². The molecule has 2 rings (SSSR count). The Morgan fingerprint density at radius 2 is 1.65 bits per heavy atom. The van der Waals surface area contributed by atoms with Crippen LogP contribution in [0.1, 0.15) is 11.1 Å². The molecule has 0 aliphatic rings. The molecule has 0 bridgehead atoms. The highest BCUT2D eigenvalue weighted by molar-refractivity contribution is 7.89. The molecule has 0 aliphatic heterocycles. The fourth-order valence-electron chi connectivity index (χ4n) is 1.62. The zero-order valence-corrected chi connectivity index (χ0v) is 12.3. The molecule has 0 radical (unpaired) electrons. The van der Waals surface area contributed by atoms with Gasteiger partial charge in [0.05, 0.1) is 4.90 Å². The highest BCUT2D eigenvalue weighted by atomic mass is 35.5. The number of sulfonamides is 1. The zero-order chi connectivity index (χ0) is 14.6. The lowest BCUT2D eigenvalue weighted by molar-refractivity contribution is 0.584. The Bertz CT molecular complexity index is 728. The molecule has 0 aromatic heterocycles. The molecule has 1 N–H and O–H groups in total. The van der Waals surface area contributed by atoms with Gasteiger partial charge in [0.15, 0.2) is 5.17 Å². The normalized spacial score (nSPS) is 12.2. The summed E-state index contributed by atoms with van der Waals surface area (Å²) >= 11 is 6.03. The molecule has 104 valence electrons. The smallest absolute Gasteiger partial charge is 0.200 e. The fraction of sp³-hybridized carbons (Fsp3) is 0.0714. The second-order valence-corrected chi connectivity index (χ2v) is 6.14. The van der Waals surface area contributed by atoms with Gasteiger partial charge in [-0.2, -0.15) is 18.4 Å². The number of rotatable bonds is 4. The van der Waals surface area contributed by atoms with Crippen molar-refractivity contribution in [3.05, 3.63) is 65.7 Å². The van der Waals surface area contributed by atoms with Crippen LogP contribution < -0.4 is 4.83 Å². The highest BCUT2D eigenvalue weighted by Crippen LogP contribution is 2.12. The molecule has 0 atom stereocenters. The maximum atomic E-state index is 12.0. The van der Waals surface area contributed by atoms with E-state index in [1.54, 1.807) is 24.3 Å². The van der Waals surface area contributed by atoms with Crippen molar-refractivity contribution in [2.24, 2.45) is 5.10 Å². The van der Waals surface area contributed by atoms with Gasteiger partial charge in [0, 0.05) is 5.56 Å². The van der Waals surface area contributed by atoms with Crippen LogP contribution in [-0.4, -0.2) is 13.6 Å². The molecule has 2 aromatic carbocycles. The van der Waals surface area contributed by atoms with Gasteiger partial charge in [0.25, 0.3) is 10.0 Å². The summed E-state index contributed by atoms with van der Waals surface area (Å²) in [5.41, 5.74) is 1.60. The Morgan fingerprint density at radius 3 is 2.30 bits per heavy atom. The first-order valence-corrected chi connectivity index (χ1v) is 7.73. The van der Waals surface area contributed by atoms with E-state index in [0.29, 0.717) is 5.56 Å². The standard InChI is InChI=1S/C14H13ClN2O2S/c1-11-7-5-6-10-13(11)14(15)16-17-20(18,19)12-8-3-2-4-9-12/h2-10,17H,1H3/b16-14-. The van der Waals surface area contributed by atoms with Crippen LogP contribution in [0.15, 0.2) is 64.6 Å². The van der Waals surface area contributed by atoms with Crippen molar-refractivity contribution in [2.75, 3.05) is 0 Å². The average molecular weight is 309 g/mol. The molecule has 0 saturated heterocycles. The third-order valence-electron chi connectivity index (χ3n) is 2.68. The minimum Gasteiger partial charge on any atom is -0.200 e. The largest absolute Gasteiger partial charge is 0.276 e. The Balaban J connectivity index is 2.23. The van der Waals surface area contributed by atoms with E-state index in [1.807, 2.05) is 25.1 Å². The molecule has 0 saturated carbocycles. The van der Waals surface area contributed by atoms with E-state index in [-0.39, 0.29) is 10.1 Å². The minimum atomic E-state index is -3.70. The summed E-state index contributed by atoms with van der Waals surface area (Å²) in [7, 11) is -3.70. The van der Waals surface area contributed by atoms with Crippen molar-refractivity contribution in [3.63, 3.8) is 0 Å². The zero-order valence-electron chi connectivity index (χ0n) is 10.7. The van der Waals surface area contributed by atoms with Gasteiger partial charge >= 0.3 is 0 Å². The maximum Gasteiger partial charge on any atom is 0.276 e. The number of hydrogen-bond donors (Lipinski definition) is 1. The van der Waals surface area contributed by atoms with Gasteiger partial charge in [0.1, 0.15) is 0 Å². The van der Waals surface area contributed by atoms with Crippen molar-refractivity contribution < 1.29 is 8.42 Å². The number of hydrogen-bond acceptors (Lipinski definition) is 3. The molecule has 0 unspecified atom stereocenters. The molecule has 0 aliphatic carbocycles. The van der Waals surface area contributed by atoms with Crippen LogP contribution >= 0.6 is 11.6 Å². The summed E-state index contributed by atoms with van der Waals surface area (Å²) in [5, 5.41) is 3.85. The first-order valence-electron chi connectivity index (χ1n) is 5.87. The van der Waals surface area contributed by atoms with E-state index < -0.39 is 10.0 Å². The summed E-state index contributed by atoms with van der Waals surface area (Å²) in [6.07, 6.45) is 0. The van der Waals surface area contributed by atoms with Crippen molar-refractivity contribution in [1.29, 1.82) is 0 Å². The minimum absolute atomic E-state index is 0.0996. The highest BCUT2D eigenvalue weighted by Gasteiger charge is 2.12. The second kappa shape index (κ2) is 6.07. The summed E-state index contributed by atoms with van der Waals surface area (Å²) in [6.45, 7) is 1.87. The first-order chi connectivity index (χ1) is 9.50. The molecule has 0 heterocycles. The van der Waals surface area contributed by atoms with Crippen LogP contribution in [0.25, 0.3) is 0 Å². The van der Waals surface area contributed by atoms with Crippen LogP contribution in [0.3, 0.4) is 0 Å². The Hall–Kier alpha value is -1.85. The maximum absolute atomic E-state index is 12.0. The van der Waals surface area contributed by atoms with E-state index in [0.717, 1.165) is 5.56 Å². The number of halogens is 1. The summed E-state index contributed by atoms with van der Waals surface area (Å²) in [5.74, 6) is 0. The quantitative estimate of drug-likeness (QED) is 0.697. The number of aryl methyl sites for hydroxylation is 1. The summed E-state index contributed by atoms with van der Waals surface area (Å²) in [6, 6.07) is 15.3. The third kappa shape index (κ3) is 3.37. The lowest BCUT2D eigenvalue weighted by Gasteiger charge is -2.05. The SMILES string of the molecule is Cc1ccccc1/C(Cl)=N/NS(=O)(=O)c1ccccc1. The molecule has 6 heteroatoms. The van der Waals surface area contributed by atoms with Crippen molar-refractivity contribution in [3.8, 4) is 0 Å². The summed E-state index contributed by atoms with van der Waals surface area (Å²) < 4.78 is 24.0. The molecular formula is C14H13ClN2O2S. The second-order valence-electron chi connectivity index (χ2n) is 4.13. The third-order valence-corrected chi connectivity index (χ3v) is 4.20. The Labute approximate surface area is 123 Å². The van der Waals surface area contributed by atoms with Gasteiger partial charge < -0.3 is 0 Å². The Kier molecular flexibility index (Phi) is 4.42. The summed E-state index contributed by atoms with van der Waals surface area (Å²) in [4.78, 5) is 2.27. The van der Waals surface area contributed by atoms with Crippen molar-refractivity contribution in [2.45, 2.75) is 11.8 Å². The van der Waals surface area contributed by atoms with Crippen LogP contribution in [-0.2, 0) is 10.0 Å². The van der Waals surface area contributed by atoms with E-state index in [1.165, 1.54) is 12.1 Å². The van der Waals surface area contributed by atoms with Gasteiger partial charge in [0.2, 0.25) is 0 Å². The van der Waals surface area contributed by atoms with E-state index >= 15 is 0 Å². The molecule has 0 fully saturated rings. The lowest BCUT2D eigenvalue weighted by atomic mass is 10.1. The van der Waals surface area contributed by atoms with Crippen molar-refractivity contribution >= 4 is 26.8 Å². The first kappa shape index (κ1) is 14.6. The van der Waals surface area contributed by atoms with E-state index in [2.05, 4.69) is 9.93 Å². The molecular weight excluding hydrogens is 296 g/mol. The average Bonchev–Trinajstić information content (AvgIpc) is 2.46. The van der Waals surface area contributed by atoms with Gasteiger partial charge in [-0.3, -0.25) is 0 Å². The molecule has 0 amide bonds. The van der Waals surface area contributed by atoms with Gasteiger partial charge in [-0.25, -0.2) is 0 Å². The predicted molar refractivity (Wildman–Crippen MR) is 80.3 cm³/mol. The number of hydrazone groups is 1. The fourth-order valence-corrected chi connectivity index (χ4v) is 2.75. The van der Waals surface area contributed by atoms with Gasteiger partial charge in [-0.05, 0) is 24.6 Å². The Morgan fingerprint density at radius 1 is 1.05 bits per heavy atom. The van der Waals surface area contributed by atoms with Crippen LogP contribution in [0.2, 0.25) is 0 Å². The molecule has 2 aromatic rings. The topological polar surface area (TPSA) is 58.5 Å². The van der Waals surface area contributed by atoms with Gasteiger partial charge in [-0.1, -0.05) is 54.1 Å². The number of nitrogens with zero attached hydrogens (tertiary/aromatic N) is 1. The monoisotopic (exact) mass is 308 g/mol. The number of benzene rings is 2. The van der Waals surface area contributed by atoms with Crippen LogP contribution in [0.4, 0.5) is 0 Å². The predicted octanol–water partition coefficient (Wildman–Crippen LogP) is 2.87. The molecule has 0 spiro atoms. The molecule has 4 nitrogen and oxygen atoms in total. The van der Waals surface area contributed by atoms with E-state index in [4.69, 9.17) is 11.6 Å². The van der Waals surface area contributed by atoms with Gasteiger partial charge in [-0.15, -0.1) is 0 Å². The number of nitrogens with one attached hydrogen (secondary N) is 1. The van der Waals surface area contributed by atoms with Crippen LogP contribution in [0, 0.1) is 6.92 Å². The molecule has 20 heavy (non-hydrogen) atoms.